The number of phenols is 1. The van der Waals surface area contributed by atoms with Gasteiger partial charge in [0.25, 0.3) is 0 Å². The van der Waals surface area contributed by atoms with Gasteiger partial charge in [-0.1, -0.05) is 41.9 Å². The lowest BCUT2D eigenvalue weighted by Crippen LogP contribution is -2.33. The van der Waals surface area contributed by atoms with Gasteiger partial charge < -0.3 is 9.84 Å². The minimum absolute atomic E-state index is 0.0696. The van der Waals surface area contributed by atoms with Gasteiger partial charge in [-0.3, -0.25) is 10.3 Å². The SMILES string of the molecule is COc1ccc(C2=N[C@@H](c3cccc(Cl)c3)N[C@H](c3ccccc3O)C2)cc1. The number of hydrogen-bond donors (Lipinski definition) is 2. The molecule has 0 spiro atoms. The monoisotopic (exact) mass is 392 g/mol. The number of rotatable bonds is 4. The minimum Gasteiger partial charge on any atom is -0.508 e. The molecule has 0 radical (unpaired) electrons. The number of nitrogens with one attached hydrogen (secondary N) is 1. The van der Waals surface area contributed by atoms with Crippen molar-refractivity contribution >= 4 is 17.3 Å². The van der Waals surface area contributed by atoms with Crippen LogP contribution in [0.25, 0.3) is 0 Å². The number of para-hydroxylation sites is 1. The second kappa shape index (κ2) is 8.05. The van der Waals surface area contributed by atoms with E-state index in [1.165, 1.54) is 0 Å². The van der Waals surface area contributed by atoms with Crippen molar-refractivity contribution in [2.45, 2.75) is 18.6 Å². The average Bonchev–Trinajstić information content (AvgIpc) is 2.74. The van der Waals surface area contributed by atoms with Gasteiger partial charge in [0.1, 0.15) is 17.7 Å². The van der Waals surface area contributed by atoms with Crippen LogP contribution in [0.1, 0.15) is 35.3 Å². The number of aliphatic imine (C=N–C) groups is 1. The molecule has 3 aromatic rings. The van der Waals surface area contributed by atoms with E-state index in [-0.39, 0.29) is 18.0 Å². The molecule has 0 bridgehead atoms. The lowest BCUT2D eigenvalue weighted by Gasteiger charge is -2.31. The molecule has 4 nitrogen and oxygen atoms in total. The van der Waals surface area contributed by atoms with E-state index >= 15 is 0 Å². The van der Waals surface area contributed by atoms with Crippen molar-refractivity contribution in [1.82, 2.24) is 5.32 Å². The number of methoxy groups -OCH3 is 1. The van der Waals surface area contributed by atoms with Crippen molar-refractivity contribution in [3.8, 4) is 11.5 Å². The predicted molar refractivity (Wildman–Crippen MR) is 112 cm³/mol. The van der Waals surface area contributed by atoms with Gasteiger partial charge in [-0.25, -0.2) is 0 Å². The van der Waals surface area contributed by atoms with Gasteiger partial charge >= 0.3 is 0 Å². The summed E-state index contributed by atoms with van der Waals surface area (Å²) in [7, 11) is 1.65. The zero-order valence-corrected chi connectivity index (χ0v) is 16.2. The number of ether oxygens (including phenoxy) is 1. The molecule has 3 aromatic carbocycles. The Kier molecular flexibility index (Phi) is 5.33. The number of phenolic OH excluding ortho intramolecular Hbond substituents is 1. The quantitative estimate of drug-likeness (QED) is 0.635. The molecule has 142 valence electrons. The average molecular weight is 393 g/mol. The maximum absolute atomic E-state index is 10.4. The maximum atomic E-state index is 10.4. The highest BCUT2D eigenvalue weighted by molar-refractivity contribution is 6.30. The summed E-state index contributed by atoms with van der Waals surface area (Å²) in [4.78, 5) is 4.95. The van der Waals surface area contributed by atoms with Crippen molar-refractivity contribution in [3.05, 3.63) is 94.5 Å². The minimum atomic E-state index is -0.255. The molecule has 28 heavy (non-hydrogen) atoms. The largest absolute Gasteiger partial charge is 0.508 e. The highest BCUT2D eigenvalue weighted by Gasteiger charge is 2.27. The van der Waals surface area contributed by atoms with Crippen LogP contribution in [0.15, 0.2) is 77.8 Å². The third-order valence-corrected chi connectivity index (χ3v) is 5.18. The van der Waals surface area contributed by atoms with E-state index in [4.69, 9.17) is 21.3 Å². The van der Waals surface area contributed by atoms with E-state index in [1.807, 2.05) is 66.7 Å². The van der Waals surface area contributed by atoms with Gasteiger partial charge in [-0.15, -0.1) is 0 Å². The summed E-state index contributed by atoms with van der Waals surface area (Å²) in [6, 6.07) is 22.9. The number of benzene rings is 3. The molecule has 0 unspecified atom stereocenters. The van der Waals surface area contributed by atoms with Crippen LogP contribution >= 0.6 is 11.6 Å². The topological polar surface area (TPSA) is 53.8 Å². The van der Waals surface area contributed by atoms with E-state index in [1.54, 1.807) is 13.2 Å². The van der Waals surface area contributed by atoms with Crippen LogP contribution in [-0.4, -0.2) is 17.9 Å². The first-order valence-electron chi connectivity index (χ1n) is 9.14. The Balaban J connectivity index is 1.74. The summed E-state index contributed by atoms with van der Waals surface area (Å²) in [6.07, 6.45) is 0.412. The van der Waals surface area contributed by atoms with Crippen molar-refractivity contribution in [1.29, 1.82) is 0 Å². The first-order valence-corrected chi connectivity index (χ1v) is 9.52. The fraction of sp³-hybridized carbons (Fsp3) is 0.174. The van der Waals surface area contributed by atoms with Gasteiger partial charge in [0.15, 0.2) is 0 Å². The lowest BCUT2D eigenvalue weighted by atomic mass is 9.93. The standard InChI is InChI=1S/C23H21ClN2O2/c1-28-18-11-9-15(10-12-18)20-14-21(19-7-2-3-8-22(19)27)26-23(25-20)16-5-4-6-17(24)13-16/h2-13,21,23,26-27H,14H2,1H3/t21-,23+/m0/s1. The maximum Gasteiger partial charge on any atom is 0.126 e. The molecule has 0 aliphatic carbocycles. The molecular weight excluding hydrogens is 372 g/mol. The summed E-state index contributed by atoms with van der Waals surface area (Å²) in [5.41, 5.74) is 3.85. The Labute approximate surface area is 169 Å². The fourth-order valence-electron chi connectivity index (χ4n) is 3.49. The molecule has 1 aliphatic heterocycles. The van der Waals surface area contributed by atoms with Gasteiger partial charge in [0.2, 0.25) is 0 Å². The number of aromatic hydroxyl groups is 1. The molecule has 1 aliphatic rings. The molecule has 0 fully saturated rings. The zero-order valence-electron chi connectivity index (χ0n) is 15.5. The van der Waals surface area contributed by atoms with E-state index in [0.717, 1.165) is 28.2 Å². The van der Waals surface area contributed by atoms with Crippen molar-refractivity contribution in [2.75, 3.05) is 7.11 Å². The molecule has 5 heteroatoms. The van der Waals surface area contributed by atoms with Gasteiger partial charge in [-0.05, 0) is 53.6 Å². The van der Waals surface area contributed by atoms with E-state index in [9.17, 15) is 5.11 Å². The number of halogens is 1. The van der Waals surface area contributed by atoms with Crippen LogP contribution in [-0.2, 0) is 0 Å². The fourth-order valence-corrected chi connectivity index (χ4v) is 3.69. The Morgan fingerprint density at radius 3 is 2.54 bits per heavy atom. The van der Waals surface area contributed by atoms with E-state index in [0.29, 0.717) is 11.4 Å². The Hall–Kier alpha value is -2.82. The molecule has 0 aromatic heterocycles. The van der Waals surface area contributed by atoms with E-state index < -0.39 is 0 Å². The molecule has 1 heterocycles. The Morgan fingerprint density at radius 1 is 1.04 bits per heavy atom. The predicted octanol–water partition coefficient (Wildman–Crippen LogP) is 5.28. The second-order valence-corrected chi connectivity index (χ2v) is 7.18. The molecular formula is C23H21ClN2O2. The van der Waals surface area contributed by atoms with Gasteiger partial charge in [0.05, 0.1) is 7.11 Å². The molecule has 0 saturated carbocycles. The molecule has 0 saturated heterocycles. The van der Waals surface area contributed by atoms with Crippen LogP contribution in [0.3, 0.4) is 0 Å². The van der Waals surface area contributed by atoms with Gasteiger partial charge in [0, 0.05) is 28.8 Å². The van der Waals surface area contributed by atoms with Crippen molar-refractivity contribution < 1.29 is 9.84 Å². The second-order valence-electron chi connectivity index (χ2n) is 6.74. The number of nitrogens with zero attached hydrogens (tertiary/aromatic N) is 1. The third-order valence-electron chi connectivity index (χ3n) is 4.94. The van der Waals surface area contributed by atoms with Crippen LogP contribution < -0.4 is 10.1 Å². The molecule has 2 N–H and O–H groups in total. The smallest absolute Gasteiger partial charge is 0.126 e. The summed E-state index contributed by atoms with van der Waals surface area (Å²) in [5.74, 6) is 1.09. The molecule has 2 atom stereocenters. The van der Waals surface area contributed by atoms with E-state index in [2.05, 4.69) is 5.32 Å². The highest BCUT2D eigenvalue weighted by Crippen LogP contribution is 2.34. The summed E-state index contributed by atoms with van der Waals surface area (Å²) in [5, 5.41) is 14.6. The summed E-state index contributed by atoms with van der Waals surface area (Å²) in [6.45, 7) is 0. The lowest BCUT2D eigenvalue weighted by molar-refractivity contribution is 0.412. The summed E-state index contributed by atoms with van der Waals surface area (Å²) >= 11 is 6.20. The zero-order chi connectivity index (χ0) is 19.5. The Morgan fingerprint density at radius 2 is 1.82 bits per heavy atom. The normalized spacial score (nSPS) is 19.1. The van der Waals surface area contributed by atoms with Crippen LogP contribution in [0, 0.1) is 0 Å². The first-order chi connectivity index (χ1) is 13.6. The van der Waals surface area contributed by atoms with Gasteiger partial charge in [-0.2, -0.15) is 0 Å². The van der Waals surface area contributed by atoms with Crippen molar-refractivity contribution in [3.63, 3.8) is 0 Å². The summed E-state index contributed by atoms with van der Waals surface area (Å²) < 4.78 is 5.27. The number of hydrogen-bond acceptors (Lipinski definition) is 4. The first kappa shape index (κ1) is 18.5. The van der Waals surface area contributed by atoms with Crippen LogP contribution in [0.4, 0.5) is 0 Å². The van der Waals surface area contributed by atoms with Crippen molar-refractivity contribution in [2.24, 2.45) is 4.99 Å². The van der Waals surface area contributed by atoms with Crippen LogP contribution in [0.2, 0.25) is 5.02 Å². The molecule has 0 amide bonds. The van der Waals surface area contributed by atoms with Crippen LogP contribution in [0.5, 0.6) is 11.5 Å². The Bertz CT molecular complexity index is 1000. The molecule has 4 rings (SSSR count). The highest BCUT2D eigenvalue weighted by atomic mass is 35.5. The third kappa shape index (κ3) is 3.88.